The maximum absolute atomic E-state index is 13.3. The van der Waals surface area contributed by atoms with Crippen LogP contribution in [0, 0.1) is 0 Å². The second-order valence-corrected chi connectivity index (χ2v) is 23.2. The van der Waals surface area contributed by atoms with E-state index in [4.69, 9.17) is 13.6 Å². The molecule has 0 N–H and O–H groups in total. The van der Waals surface area contributed by atoms with Gasteiger partial charge in [-0.1, -0.05) is 41.5 Å². The van der Waals surface area contributed by atoms with Crippen molar-refractivity contribution in [3.05, 3.63) is 0 Å². The molecule has 186 valence electrons. The first-order chi connectivity index (χ1) is 14.0. The summed E-state index contributed by atoms with van der Waals surface area (Å²) >= 11 is 0. The van der Waals surface area contributed by atoms with Crippen molar-refractivity contribution in [1.82, 2.24) is 4.90 Å². The van der Waals surface area contributed by atoms with Crippen LogP contribution in [0.25, 0.3) is 0 Å². The first-order valence-electron chi connectivity index (χ1n) is 12.0. The summed E-state index contributed by atoms with van der Waals surface area (Å²) in [5, 5.41) is 0.0188. The van der Waals surface area contributed by atoms with Gasteiger partial charge in [-0.05, 0) is 69.9 Å². The third kappa shape index (κ3) is 5.34. The molecule has 6 nitrogen and oxygen atoms in total. The number of imide groups is 1. The molecule has 0 aromatic carbocycles. The molecule has 0 spiro atoms. The Labute approximate surface area is 198 Å². The number of ether oxygens (including phenoxy) is 1. The zero-order valence-electron chi connectivity index (χ0n) is 22.8. The van der Waals surface area contributed by atoms with Crippen LogP contribution >= 0.6 is 0 Å². The molecule has 0 bridgehead atoms. The van der Waals surface area contributed by atoms with E-state index in [9.17, 15) is 9.59 Å². The summed E-state index contributed by atoms with van der Waals surface area (Å²) in [5.74, 6) is -0.216. The lowest BCUT2D eigenvalue weighted by Crippen LogP contribution is -2.58. The molecule has 0 aromatic heterocycles. The number of hydrogen-bond donors (Lipinski definition) is 0. The van der Waals surface area contributed by atoms with Gasteiger partial charge in [0.15, 0.2) is 16.6 Å². The predicted octanol–water partition coefficient (Wildman–Crippen LogP) is 6.47. The fraction of sp³-hybridized carbons (Fsp3) is 0.917. The van der Waals surface area contributed by atoms with E-state index < -0.39 is 40.0 Å². The van der Waals surface area contributed by atoms with Crippen LogP contribution < -0.4 is 0 Å². The van der Waals surface area contributed by atoms with Crippen molar-refractivity contribution in [3.8, 4) is 0 Å². The molecule has 3 atom stereocenters. The Bertz CT molecular complexity index is 745. The second kappa shape index (κ2) is 8.20. The van der Waals surface area contributed by atoms with Crippen LogP contribution in [-0.2, 0) is 18.4 Å². The summed E-state index contributed by atoms with van der Waals surface area (Å²) in [6, 6.07) is -0.451. The van der Waals surface area contributed by atoms with E-state index in [1.54, 1.807) is 0 Å². The van der Waals surface area contributed by atoms with Gasteiger partial charge < -0.3 is 13.6 Å². The fourth-order valence-corrected chi connectivity index (χ4v) is 7.11. The van der Waals surface area contributed by atoms with Crippen molar-refractivity contribution in [2.24, 2.45) is 0 Å². The van der Waals surface area contributed by atoms with Crippen LogP contribution in [0.15, 0.2) is 0 Å². The van der Waals surface area contributed by atoms with E-state index in [1.807, 2.05) is 20.8 Å². The summed E-state index contributed by atoms with van der Waals surface area (Å²) in [6.45, 7) is 27.5. The maximum Gasteiger partial charge on any atom is 0.417 e. The van der Waals surface area contributed by atoms with E-state index in [2.05, 4.69) is 67.7 Å². The number of likely N-dealkylation sites (tertiary alicyclic amines) is 1. The molecule has 1 heterocycles. The molecule has 2 amide bonds. The number of rotatable bonds is 4. The van der Waals surface area contributed by atoms with E-state index >= 15 is 0 Å². The van der Waals surface area contributed by atoms with Gasteiger partial charge in [-0.15, -0.1) is 0 Å². The quantitative estimate of drug-likeness (QED) is 0.427. The topological polar surface area (TPSA) is 65.1 Å². The van der Waals surface area contributed by atoms with E-state index in [0.717, 1.165) is 6.42 Å². The van der Waals surface area contributed by atoms with Gasteiger partial charge in [0, 0.05) is 0 Å². The van der Waals surface area contributed by atoms with Gasteiger partial charge in [0.05, 0.1) is 24.2 Å². The molecule has 32 heavy (non-hydrogen) atoms. The first-order valence-corrected chi connectivity index (χ1v) is 17.8. The van der Waals surface area contributed by atoms with Crippen molar-refractivity contribution in [3.63, 3.8) is 0 Å². The lowest BCUT2D eigenvalue weighted by atomic mass is 9.97. The molecule has 2 rings (SSSR count). The largest absolute Gasteiger partial charge is 0.443 e. The zero-order valence-corrected chi connectivity index (χ0v) is 24.8. The van der Waals surface area contributed by atoms with Gasteiger partial charge in [0.1, 0.15) is 5.60 Å². The summed E-state index contributed by atoms with van der Waals surface area (Å²) in [4.78, 5) is 27.8. The van der Waals surface area contributed by atoms with Crippen molar-refractivity contribution in [2.75, 3.05) is 0 Å². The summed E-state index contributed by atoms with van der Waals surface area (Å²) in [7, 11) is -4.33. The van der Waals surface area contributed by atoms with Gasteiger partial charge in [-0.3, -0.25) is 4.79 Å². The molecular formula is C24H47NO5Si2. The molecule has 1 aliphatic carbocycles. The fourth-order valence-electron chi connectivity index (χ4n) is 4.14. The smallest absolute Gasteiger partial charge is 0.417 e. The minimum absolute atomic E-state index is 0.00688. The van der Waals surface area contributed by atoms with Gasteiger partial charge in [0.2, 0.25) is 5.91 Å². The SMILES string of the molecule is CC(C)(C)OC(=O)N1C(=O)C[C@@]2(O[Si](C)(C)C(C)(C)C)CC[C@H](O[Si](C)(C)C(C)(C)C)[C@@H]12. The number of carbonyl (C=O) groups excluding carboxylic acids is 2. The highest BCUT2D eigenvalue weighted by atomic mass is 28.4. The molecule has 1 aliphatic heterocycles. The Morgan fingerprint density at radius 3 is 1.88 bits per heavy atom. The maximum atomic E-state index is 13.3. The Hall–Kier alpha value is -0.706. The number of amides is 2. The van der Waals surface area contributed by atoms with Gasteiger partial charge in [-0.2, -0.15) is 0 Å². The second-order valence-electron chi connectivity index (χ2n) is 13.7. The standard InChI is InChI=1S/C24H47NO5Si2/c1-21(2,3)28-20(27)25-18(26)16-24(30-32(12,13)23(7,8)9)15-14-17(19(24)25)29-31(10,11)22(4,5)6/h17,19H,14-16H2,1-13H3/t17-,19+,24-/m0/s1. The molecular weight excluding hydrogens is 438 g/mol. The summed E-state index contributed by atoms with van der Waals surface area (Å²) in [6.07, 6.45) is 0.881. The van der Waals surface area contributed by atoms with Crippen LogP contribution in [0.5, 0.6) is 0 Å². The van der Waals surface area contributed by atoms with Crippen LogP contribution in [0.4, 0.5) is 4.79 Å². The highest BCUT2D eigenvalue weighted by molar-refractivity contribution is 6.74. The van der Waals surface area contributed by atoms with Crippen LogP contribution in [0.2, 0.25) is 36.3 Å². The van der Waals surface area contributed by atoms with E-state index in [1.165, 1.54) is 4.90 Å². The van der Waals surface area contributed by atoms with Crippen molar-refractivity contribution >= 4 is 28.6 Å². The highest BCUT2D eigenvalue weighted by Crippen LogP contribution is 2.52. The van der Waals surface area contributed by atoms with Crippen molar-refractivity contribution in [2.45, 2.75) is 141 Å². The number of nitrogens with zero attached hydrogens (tertiary/aromatic N) is 1. The molecule has 0 unspecified atom stereocenters. The predicted molar refractivity (Wildman–Crippen MR) is 134 cm³/mol. The average Bonchev–Trinajstić information content (AvgIpc) is 2.95. The van der Waals surface area contributed by atoms with Crippen LogP contribution in [-0.4, -0.2) is 56.9 Å². The minimum atomic E-state index is -2.21. The van der Waals surface area contributed by atoms with E-state index in [0.29, 0.717) is 6.42 Å². The Morgan fingerprint density at radius 2 is 1.44 bits per heavy atom. The van der Waals surface area contributed by atoms with Gasteiger partial charge in [-0.25, -0.2) is 9.69 Å². The number of fused-ring (bicyclic) bond motifs is 1. The molecule has 2 fully saturated rings. The summed E-state index contributed by atoms with van der Waals surface area (Å²) in [5.41, 5.74) is -1.39. The molecule has 8 heteroatoms. The van der Waals surface area contributed by atoms with Gasteiger partial charge >= 0.3 is 6.09 Å². The molecule has 0 radical (unpaired) electrons. The lowest BCUT2D eigenvalue weighted by Gasteiger charge is -2.46. The molecule has 1 saturated carbocycles. The normalized spacial score (nSPS) is 27.7. The monoisotopic (exact) mass is 485 g/mol. The minimum Gasteiger partial charge on any atom is -0.443 e. The third-order valence-electron chi connectivity index (χ3n) is 7.85. The van der Waals surface area contributed by atoms with Crippen LogP contribution in [0.1, 0.15) is 81.6 Å². The average molecular weight is 486 g/mol. The van der Waals surface area contributed by atoms with E-state index in [-0.39, 0.29) is 28.5 Å². The third-order valence-corrected chi connectivity index (χ3v) is 16.9. The Kier molecular flexibility index (Phi) is 7.06. The summed E-state index contributed by atoms with van der Waals surface area (Å²) < 4.78 is 19.5. The molecule has 2 aliphatic rings. The van der Waals surface area contributed by atoms with Crippen molar-refractivity contribution in [1.29, 1.82) is 0 Å². The van der Waals surface area contributed by atoms with Crippen LogP contribution in [0.3, 0.4) is 0 Å². The number of carbonyl (C=O) groups is 2. The zero-order chi connectivity index (χ0) is 25.1. The Balaban J connectivity index is 2.50. The highest BCUT2D eigenvalue weighted by Gasteiger charge is 2.65. The van der Waals surface area contributed by atoms with Gasteiger partial charge in [0.25, 0.3) is 0 Å². The number of hydrogen-bond acceptors (Lipinski definition) is 5. The lowest BCUT2D eigenvalue weighted by molar-refractivity contribution is -0.129. The Morgan fingerprint density at radius 1 is 0.938 bits per heavy atom. The van der Waals surface area contributed by atoms with Crippen molar-refractivity contribution < 1.29 is 23.2 Å². The molecule has 0 aromatic rings. The molecule has 1 saturated heterocycles. The first kappa shape index (κ1) is 27.5.